The van der Waals surface area contributed by atoms with Gasteiger partial charge in [0.05, 0.1) is 18.8 Å². The highest BCUT2D eigenvalue weighted by Gasteiger charge is 2.43. The topological polar surface area (TPSA) is 78.0 Å². The number of piperidine rings is 1. The SMILES string of the molecule is COc1cc(C)c2[nH]ccc2c1CN1CC[C@H](N2CC(OC(F)(F)F)C2)C[C@H]1c1ccc(C(=O)O)cc1. The Kier molecular flexibility index (Phi) is 6.91. The fourth-order valence-electron chi connectivity index (χ4n) is 5.73. The third-order valence-corrected chi connectivity index (χ3v) is 7.61. The molecule has 0 aliphatic carbocycles. The quantitative estimate of drug-likeness (QED) is 0.454. The number of aromatic carboxylic acids is 1. The van der Waals surface area contributed by atoms with Crippen molar-refractivity contribution in [1.29, 1.82) is 0 Å². The van der Waals surface area contributed by atoms with Crippen molar-refractivity contribution in [3.8, 4) is 5.75 Å². The van der Waals surface area contributed by atoms with E-state index in [2.05, 4.69) is 19.5 Å². The van der Waals surface area contributed by atoms with Crippen LogP contribution in [0, 0.1) is 6.92 Å². The molecule has 2 aliphatic rings. The van der Waals surface area contributed by atoms with Crippen LogP contribution in [0.25, 0.3) is 10.9 Å². The van der Waals surface area contributed by atoms with Gasteiger partial charge in [0.25, 0.3) is 0 Å². The van der Waals surface area contributed by atoms with Crippen molar-refractivity contribution in [2.45, 2.75) is 50.9 Å². The monoisotopic (exact) mass is 517 g/mol. The standard InChI is InChI=1S/C27H30F3N3O4/c1-16-11-24(36-2)22(21-7-9-31-25(16)21)15-32-10-8-19(33-13-20(14-33)37-27(28,29)30)12-23(32)17-3-5-18(6-4-17)26(34)35/h3-7,9,11,19-20,23,31H,8,10,12-15H2,1-2H3,(H,34,35)/t19-,23-/m0/s1. The van der Waals surface area contributed by atoms with E-state index in [1.54, 1.807) is 19.2 Å². The third-order valence-electron chi connectivity index (χ3n) is 7.61. The lowest BCUT2D eigenvalue weighted by Gasteiger charge is -2.49. The molecule has 2 fully saturated rings. The van der Waals surface area contributed by atoms with E-state index in [1.807, 2.05) is 37.4 Å². The van der Waals surface area contributed by atoms with Gasteiger partial charge in [-0.25, -0.2) is 4.79 Å². The molecule has 0 radical (unpaired) electrons. The van der Waals surface area contributed by atoms with Crippen LogP contribution in [0.4, 0.5) is 13.2 Å². The second-order valence-electron chi connectivity index (χ2n) is 9.87. The summed E-state index contributed by atoms with van der Waals surface area (Å²) in [5.74, 6) is -0.179. The Bertz CT molecular complexity index is 1270. The molecule has 2 aliphatic heterocycles. The summed E-state index contributed by atoms with van der Waals surface area (Å²) in [7, 11) is 1.66. The average Bonchev–Trinajstić information content (AvgIpc) is 3.33. The fourth-order valence-corrected chi connectivity index (χ4v) is 5.73. The van der Waals surface area contributed by atoms with E-state index >= 15 is 0 Å². The molecule has 3 heterocycles. The second kappa shape index (κ2) is 10.00. The van der Waals surface area contributed by atoms with Crippen LogP contribution >= 0.6 is 0 Å². The molecule has 7 nitrogen and oxygen atoms in total. The number of likely N-dealkylation sites (tertiary alicyclic amines) is 2. The lowest BCUT2D eigenvalue weighted by molar-refractivity contribution is -0.356. The number of carbonyl (C=O) groups is 1. The number of ether oxygens (including phenoxy) is 2. The number of aryl methyl sites for hydroxylation is 1. The van der Waals surface area contributed by atoms with E-state index in [9.17, 15) is 23.1 Å². The number of carboxylic acids is 1. The maximum Gasteiger partial charge on any atom is 0.522 e. The maximum absolute atomic E-state index is 12.6. The van der Waals surface area contributed by atoms with Crippen molar-refractivity contribution >= 4 is 16.9 Å². The first-order valence-electron chi connectivity index (χ1n) is 12.3. The Balaban J connectivity index is 1.40. The van der Waals surface area contributed by atoms with Gasteiger partial charge in [0.15, 0.2) is 0 Å². The van der Waals surface area contributed by atoms with Crippen LogP contribution in [0.1, 0.15) is 45.9 Å². The van der Waals surface area contributed by atoms with Crippen molar-refractivity contribution in [2.75, 3.05) is 26.7 Å². The first kappa shape index (κ1) is 25.6. The van der Waals surface area contributed by atoms with Crippen molar-refractivity contribution < 1.29 is 32.5 Å². The zero-order valence-corrected chi connectivity index (χ0v) is 20.7. The number of alkyl halides is 3. The molecule has 0 amide bonds. The number of fused-ring (bicyclic) bond motifs is 1. The summed E-state index contributed by atoms with van der Waals surface area (Å²) < 4.78 is 47.7. The number of rotatable bonds is 7. The first-order chi connectivity index (χ1) is 17.6. The molecule has 0 saturated carbocycles. The largest absolute Gasteiger partial charge is 0.522 e. The second-order valence-corrected chi connectivity index (χ2v) is 9.87. The maximum atomic E-state index is 12.6. The minimum atomic E-state index is -4.62. The normalized spacial score (nSPS) is 21.8. The minimum absolute atomic E-state index is 0.0378. The van der Waals surface area contributed by atoms with E-state index in [1.165, 1.54) is 0 Å². The van der Waals surface area contributed by atoms with Crippen LogP contribution in [-0.4, -0.2) is 71.1 Å². The first-order valence-corrected chi connectivity index (χ1v) is 12.3. The number of nitrogens with zero attached hydrogens (tertiary/aromatic N) is 2. The summed E-state index contributed by atoms with van der Waals surface area (Å²) in [5.41, 5.74) is 4.41. The van der Waals surface area contributed by atoms with Gasteiger partial charge in [-0.1, -0.05) is 12.1 Å². The van der Waals surface area contributed by atoms with Gasteiger partial charge in [-0.2, -0.15) is 0 Å². The molecule has 0 unspecified atom stereocenters. The molecule has 10 heteroatoms. The molecule has 2 saturated heterocycles. The van der Waals surface area contributed by atoms with Crippen LogP contribution in [-0.2, 0) is 11.3 Å². The Morgan fingerprint density at radius 3 is 2.57 bits per heavy atom. The van der Waals surface area contributed by atoms with Crippen molar-refractivity contribution in [1.82, 2.24) is 14.8 Å². The van der Waals surface area contributed by atoms with E-state index in [0.717, 1.165) is 52.7 Å². The number of methoxy groups -OCH3 is 1. The summed E-state index contributed by atoms with van der Waals surface area (Å²) in [6.45, 7) is 3.90. The van der Waals surface area contributed by atoms with Gasteiger partial charge in [0.1, 0.15) is 5.75 Å². The number of hydrogen-bond acceptors (Lipinski definition) is 5. The Labute approximate surface area is 212 Å². The molecule has 2 atom stereocenters. The molecule has 3 aromatic rings. The van der Waals surface area contributed by atoms with E-state index in [4.69, 9.17) is 4.74 Å². The molecule has 1 aromatic heterocycles. The van der Waals surface area contributed by atoms with Crippen LogP contribution in [0.2, 0.25) is 0 Å². The number of nitrogens with one attached hydrogen (secondary N) is 1. The number of hydrogen-bond donors (Lipinski definition) is 2. The molecular weight excluding hydrogens is 487 g/mol. The lowest BCUT2D eigenvalue weighted by Crippen LogP contribution is -2.59. The Morgan fingerprint density at radius 2 is 1.92 bits per heavy atom. The van der Waals surface area contributed by atoms with Crippen LogP contribution < -0.4 is 4.74 Å². The molecule has 5 rings (SSSR count). The fraction of sp³-hybridized carbons (Fsp3) is 0.444. The van der Waals surface area contributed by atoms with Crippen molar-refractivity contribution in [3.63, 3.8) is 0 Å². The van der Waals surface area contributed by atoms with E-state index < -0.39 is 18.4 Å². The van der Waals surface area contributed by atoms with E-state index in [-0.39, 0.29) is 30.7 Å². The lowest BCUT2D eigenvalue weighted by atomic mass is 9.88. The molecule has 2 aromatic carbocycles. The van der Waals surface area contributed by atoms with Gasteiger partial charge in [-0.3, -0.25) is 14.5 Å². The summed E-state index contributed by atoms with van der Waals surface area (Å²) in [4.78, 5) is 19.1. The van der Waals surface area contributed by atoms with Gasteiger partial charge in [0.2, 0.25) is 0 Å². The van der Waals surface area contributed by atoms with Crippen molar-refractivity contribution in [3.05, 3.63) is 64.8 Å². The molecule has 0 bridgehead atoms. The smallest absolute Gasteiger partial charge is 0.496 e. The van der Waals surface area contributed by atoms with Crippen LogP contribution in [0.3, 0.4) is 0 Å². The number of aromatic nitrogens is 1. The van der Waals surface area contributed by atoms with Crippen LogP contribution in [0.15, 0.2) is 42.6 Å². The van der Waals surface area contributed by atoms with E-state index in [0.29, 0.717) is 6.54 Å². The summed E-state index contributed by atoms with van der Waals surface area (Å²) in [6, 6.07) is 11.0. The van der Waals surface area contributed by atoms with Gasteiger partial charge in [0, 0.05) is 60.9 Å². The van der Waals surface area contributed by atoms with Crippen LogP contribution in [0.5, 0.6) is 5.75 Å². The van der Waals surface area contributed by atoms with Gasteiger partial charge in [-0.15, -0.1) is 13.2 Å². The highest BCUT2D eigenvalue weighted by molar-refractivity contribution is 5.88. The summed E-state index contributed by atoms with van der Waals surface area (Å²) >= 11 is 0. The summed E-state index contributed by atoms with van der Waals surface area (Å²) in [5, 5.41) is 10.4. The molecular formula is C27H30F3N3O4. The number of halogens is 3. The summed E-state index contributed by atoms with van der Waals surface area (Å²) in [6.07, 6.45) is -2.00. The van der Waals surface area contributed by atoms with Gasteiger partial charge in [-0.05, 0) is 55.2 Å². The van der Waals surface area contributed by atoms with Gasteiger partial charge < -0.3 is 14.8 Å². The third kappa shape index (κ3) is 5.32. The number of H-pyrrole nitrogens is 1. The Morgan fingerprint density at radius 1 is 1.19 bits per heavy atom. The van der Waals surface area contributed by atoms with Crippen molar-refractivity contribution in [2.24, 2.45) is 0 Å². The molecule has 37 heavy (non-hydrogen) atoms. The number of aromatic amines is 1. The highest BCUT2D eigenvalue weighted by Crippen LogP contribution is 2.39. The number of carboxylic acid groups (broad SMARTS) is 1. The molecule has 2 N–H and O–H groups in total. The van der Waals surface area contributed by atoms with Gasteiger partial charge >= 0.3 is 12.3 Å². The number of benzene rings is 2. The highest BCUT2D eigenvalue weighted by atomic mass is 19.4. The zero-order valence-electron chi connectivity index (χ0n) is 20.7. The Hall–Kier alpha value is -3.08. The predicted molar refractivity (Wildman–Crippen MR) is 132 cm³/mol. The molecule has 0 spiro atoms. The molecule has 198 valence electrons. The zero-order chi connectivity index (χ0) is 26.3. The average molecular weight is 518 g/mol. The minimum Gasteiger partial charge on any atom is -0.496 e. The predicted octanol–water partition coefficient (Wildman–Crippen LogP) is 5.11.